The molecule has 0 bridgehead atoms. The van der Waals surface area contributed by atoms with Crippen molar-refractivity contribution in [1.82, 2.24) is 4.72 Å². The molecule has 0 saturated heterocycles. The maximum atomic E-state index is 11.9. The Balaban J connectivity index is 2.49. The van der Waals surface area contributed by atoms with Gasteiger partial charge in [-0.05, 0) is 26.3 Å². The lowest BCUT2D eigenvalue weighted by molar-refractivity contribution is 0.0778. The topological polar surface area (TPSA) is 98.5 Å². The monoisotopic (exact) mass is 306 g/mol. The van der Waals surface area contributed by atoms with E-state index in [1.54, 1.807) is 0 Å². The molecule has 1 aromatic rings. The molecule has 8 heteroatoms. The van der Waals surface area contributed by atoms with E-state index in [4.69, 9.17) is 10.5 Å². The van der Waals surface area contributed by atoms with E-state index in [2.05, 4.69) is 4.72 Å². The number of rotatable bonds is 8. The summed E-state index contributed by atoms with van der Waals surface area (Å²) in [5.41, 5.74) is 5.08. The summed E-state index contributed by atoms with van der Waals surface area (Å²) in [6.45, 7) is 4.62. The number of nitrogens with one attached hydrogen (secondary N) is 1. The number of primary amides is 1. The first kappa shape index (κ1) is 16.1. The highest BCUT2D eigenvalue weighted by Gasteiger charge is 2.17. The number of thiophene rings is 1. The summed E-state index contributed by atoms with van der Waals surface area (Å²) in [7, 11) is -3.58. The molecule has 19 heavy (non-hydrogen) atoms. The molecule has 0 aliphatic heterocycles. The summed E-state index contributed by atoms with van der Waals surface area (Å²) >= 11 is 1.01. The van der Waals surface area contributed by atoms with E-state index in [0.717, 1.165) is 11.3 Å². The highest BCUT2D eigenvalue weighted by atomic mass is 32.2. The molecule has 1 heterocycles. The lowest BCUT2D eigenvalue weighted by Crippen LogP contribution is -2.25. The second kappa shape index (κ2) is 6.99. The zero-order valence-electron chi connectivity index (χ0n) is 10.9. The maximum Gasteiger partial charge on any atom is 0.258 e. The van der Waals surface area contributed by atoms with Crippen molar-refractivity contribution in [3.05, 3.63) is 16.3 Å². The van der Waals surface area contributed by atoms with Gasteiger partial charge in [-0.3, -0.25) is 4.79 Å². The smallest absolute Gasteiger partial charge is 0.258 e. The Bertz CT molecular complexity index is 523. The van der Waals surface area contributed by atoms with Crippen LogP contribution in [0.5, 0.6) is 0 Å². The van der Waals surface area contributed by atoms with E-state index >= 15 is 0 Å². The maximum absolute atomic E-state index is 11.9. The minimum Gasteiger partial charge on any atom is -0.379 e. The fourth-order valence-electron chi connectivity index (χ4n) is 1.27. The highest BCUT2D eigenvalue weighted by Crippen LogP contribution is 2.18. The largest absolute Gasteiger partial charge is 0.379 e. The van der Waals surface area contributed by atoms with Gasteiger partial charge >= 0.3 is 0 Å². The first-order chi connectivity index (χ1) is 8.83. The Morgan fingerprint density at radius 1 is 1.53 bits per heavy atom. The van der Waals surface area contributed by atoms with Crippen molar-refractivity contribution < 1.29 is 17.9 Å². The fraction of sp³-hybridized carbons (Fsp3) is 0.545. The Hall–Kier alpha value is -0.960. The van der Waals surface area contributed by atoms with Crippen LogP contribution in [0, 0.1) is 0 Å². The van der Waals surface area contributed by atoms with Crippen LogP contribution in [0.3, 0.4) is 0 Å². The second-order valence-corrected chi connectivity index (χ2v) is 6.86. The second-order valence-electron chi connectivity index (χ2n) is 4.18. The van der Waals surface area contributed by atoms with E-state index in [9.17, 15) is 13.2 Å². The van der Waals surface area contributed by atoms with Gasteiger partial charge in [0.05, 0.1) is 15.9 Å². The summed E-state index contributed by atoms with van der Waals surface area (Å²) in [6.07, 6.45) is 0.719. The molecule has 0 spiro atoms. The third-order valence-electron chi connectivity index (χ3n) is 2.19. The van der Waals surface area contributed by atoms with Crippen LogP contribution >= 0.6 is 11.3 Å². The Labute approximate surface area is 117 Å². The summed E-state index contributed by atoms with van der Waals surface area (Å²) in [6, 6.07) is 1.28. The summed E-state index contributed by atoms with van der Waals surface area (Å²) < 4.78 is 31.5. The molecule has 0 radical (unpaired) electrons. The van der Waals surface area contributed by atoms with Crippen molar-refractivity contribution in [2.24, 2.45) is 5.73 Å². The molecule has 0 saturated carbocycles. The summed E-state index contributed by atoms with van der Waals surface area (Å²) in [4.78, 5) is 11.2. The summed E-state index contributed by atoms with van der Waals surface area (Å²) in [5, 5.41) is 1.40. The van der Waals surface area contributed by atoms with Gasteiger partial charge in [0, 0.05) is 18.5 Å². The first-order valence-electron chi connectivity index (χ1n) is 5.82. The number of hydrogen-bond donors (Lipinski definition) is 2. The van der Waals surface area contributed by atoms with Crippen LogP contribution in [0.4, 0.5) is 0 Å². The zero-order valence-corrected chi connectivity index (χ0v) is 12.5. The van der Waals surface area contributed by atoms with Gasteiger partial charge in [-0.1, -0.05) is 0 Å². The number of amides is 1. The normalized spacial score (nSPS) is 11.9. The van der Waals surface area contributed by atoms with Crippen LogP contribution in [0.15, 0.2) is 16.3 Å². The van der Waals surface area contributed by atoms with Gasteiger partial charge in [-0.2, -0.15) is 0 Å². The van der Waals surface area contributed by atoms with Gasteiger partial charge in [-0.15, -0.1) is 11.3 Å². The lowest BCUT2D eigenvalue weighted by atomic mass is 10.4. The van der Waals surface area contributed by atoms with E-state index in [-0.39, 0.29) is 22.4 Å². The van der Waals surface area contributed by atoms with Gasteiger partial charge in [0.15, 0.2) is 0 Å². The molecular weight excluding hydrogens is 288 g/mol. The van der Waals surface area contributed by atoms with Crippen molar-refractivity contribution in [3.8, 4) is 0 Å². The average Bonchev–Trinajstić information content (AvgIpc) is 2.77. The van der Waals surface area contributed by atoms with E-state index in [0.29, 0.717) is 13.0 Å². The Morgan fingerprint density at radius 3 is 2.74 bits per heavy atom. The average molecular weight is 306 g/mol. The predicted molar refractivity (Wildman–Crippen MR) is 73.7 cm³/mol. The number of carbonyl (C=O) groups excluding carboxylic acids is 1. The number of nitrogens with two attached hydrogens (primary N) is 1. The first-order valence-corrected chi connectivity index (χ1v) is 8.19. The van der Waals surface area contributed by atoms with Crippen molar-refractivity contribution in [2.75, 3.05) is 13.2 Å². The van der Waals surface area contributed by atoms with Crippen LogP contribution in [0.2, 0.25) is 0 Å². The van der Waals surface area contributed by atoms with Crippen molar-refractivity contribution in [2.45, 2.75) is 31.3 Å². The van der Waals surface area contributed by atoms with Crippen molar-refractivity contribution in [3.63, 3.8) is 0 Å². The van der Waals surface area contributed by atoms with Gasteiger partial charge in [0.1, 0.15) is 0 Å². The number of sulfonamides is 1. The molecule has 0 atom stereocenters. The molecular formula is C11H18N2O4S2. The lowest BCUT2D eigenvalue weighted by Gasteiger charge is -2.08. The Morgan fingerprint density at radius 2 is 2.21 bits per heavy atom. The molecule has 0 unspecified atom stereocenters. The molecule has 1 aromatic heterocycles. The predicted octanol–water partition coefficient (Wildman–Crippen LogP) is 0.940. The Kier molecular flexibility index (Phi) is 5.92. The summed E-state index contributed by atoms with van der Waals surface area (Å²) in [5.74, 6) is -0.628. The van der Waals surface area contributed by atoms with E-state index in [1.165, 1.54) is 11.4 Å². The van der Waals surface area contributed by atoms with Crippen molar-refractivity contribution >= 4 is 27.3 Å². The third kappa shape index (κ3) is 5.27. The number of carbonyl (C=O) groups is 1. The molecule has 0 aliphatic carbocycles. The molecule has 3 N–H and O–H groups in total. The number of hydrogen-bond acceptors (Lipinski definition) is 5. The quantitative estimate of drug-likeness (QED) is 0.698. The third-order valence-corrected chi connectivity index (χ3v) is 4.73. The molecule has 1 amide bonds. The minimum absolute atomic E-state index is 0.0658. The molecule has 0 aromatic carbocycles. The van der Waals surface area contributed by atoms with E-state index in [1.807, 2.05) is 13.8 Å². The van der Waals surface area contributed by atoms with Gasteiger partial charge in [0.25, 0.3) is 5.91 Å². The van der Waals surface area contributed by atoms with Crippen molar-refractivity contribution in [1.29, 1.82) is 0 Å². The van der Waals surface area contributed by atoms with Crippen LogP contribution < -0.4 is 10.5 Å². The highest BCUT2D eigenvalue weighted by molar-refractivity contribution is 7.89. The van der Waals surface area contributed by atoms with Crippen LogP contribution in [0.1, 0.15) is 29.9 Å². The van der Waals surface area contributed by atoms with Gasteiger partial charge < -0.3 is 10.5 Å². The molecule has 0 fully saturated rings. The van der Waals surface area contributed by atoms with Gasteiger partial charge in [-0.25, -0.2) is 13.1 Å². The molecule has 108 valence electrons. The minimum atomic E-state index is -3.58. The van der Waals surface area contributed by atoms with Crippen LogP contribution in [-0.4, -0.2) is 33.6 Å². The number of ether oxygens (including phenoxy) is 1. The van der Waals surface area contributed by atoms with E-state index < -0.39 is 15.9 Å². The fourth-order valence-corrected chi connectivity index (χ4v) is 3.47. The van der Waals surface area contributed by atoms with Gasteiger partial charge in [0.2, 0.25) is 10.0 Å². The molecule has 0 aliphatic rings. The standard InChI is InChI=1S/C11H18N2O4S2/c1-8(2)17-5-3-4-13-19(15,16)9-6-10(11(12)14)18-7-9/h6-8,13H,3-5H2,1-2H3,(H2,12,14). The SMILES string of the molecule is CC(C)OCCCNS(=O)(=O)c1csc(C(N)=O)c1. The molecule has 6 nitrogen and oxygen atoms in total. The molecule has 1 rings (SSSR count). The van der Waals surface area contributed by atoms with Crippen LogP contribution in [0.25, 0.3) is 0 Å². The van der Waals surface area contributed by atoms with Crippen LogP contribution in [-0.2, 0) is 14.8 Å². The zero-order chi connectivity index (χ0) is 14.5.